The highest BCUT2D eigenvalue weighted by molar-refractivity contribution is 9.10. The summed E-state index contributed by atoms with van der Waals surface area (Å²) in [4.78, 5) is 3.98. The Labute approximate surface area is 55.9 Å². The lowest BCUT2D eigenvalue weighted by molar-refractivity contribution is 0.738. The molecular weight excluding hydrogens is 170 g/mol. The van der Waals surface area contributed by atoms with Crippen molar-refractivity contribution in [1.29, 1.82) is 0 Å². The lowest BCUT2D eigenvalue weighted by atomic mass is 10.8. The number of aryl methyl sites for hydroxylation is 2. The summed E-state index contributed by atoms with van der Waals surface area (Å²) >= 11 is 3.21. The number of nitrogens with zero attached hydrogens (tertiary/aromatic N) is 3. The van der Waals surface area contributed by atoms with Crippen LogP contribution in [0.15, 0.2) is 4.73 Å². The summed E-state index contributed by atoms with van der Waals surface area (Å²) in [5.74, 6) is 0.791. The molecule has 1 aromatic rings. The zero-order valence-electron chi connectivity index (χ0n) is 4.72. The van der Waals surface area contributed by atoms with E-state index in [9.17, 15) is 0 Å². The van der Waals surface area contributed by atoms with E-state index in [-0.39, 0.29) is 0 Å². The van der Waals surface area contributed by atoms with Gasteiger partial charge < -0.3 is 0 Å². The molecule has 44 valence electrons. The van der Waals surface area contributed by atoms with E-state index in [2.05, 4.69) is 26.0 Å². The fraction of sp³-hybridized carbons (Fsp3) is 0.500. The molecule has 0 aromatic carbocycles. The molecule has 0 spiro atoms. The third kappa shape index (κ3) is 0.888. The summed E-state index contributed by atoms with van der Waals surface area (Å²) in [6.45, 7) is 1.85. The minimum atomic E-state index is 0.773. The third-order valence-corrected chi connectivity index (χ3v) is 1.51. The zero-order valence-corrected chi connectivity index (χ0v) is 6.31. The minimum absolute atomic E-state index is 0.773. The summed E-state index contributed by atoms with van der Waals surface area (Å²) in [6, 6.07) is 0. The summed E-state index contributed by atoms with van der Waals surface area (Å²) in [5.41, 5.74) is 0. The Bertz CT molecular complexity index is 174. The van der Waals surface area contributed by atoms with Crippen LogP contribution in [-0.4, -0.2) is 14.8 Å². The molecule has 0 radical (unpaired) electrons. The van der Waals surface area contributed by atoms with E-state index in [1.54, 1.807) is 4.68 Å². The van der Waals surface area contributed by atoms with Crippen LogP contribution in [-0.2, 0) is 7.05 Å². The predicted molar refractivity (Wildman–Crippen MR) is 33.4 cm³/mol. The van der Waals surface area contributed by atoms with E-state index < -0.39 is 0 Å². The molecule has 0 aliphatic rings. The van der Waals surface area contributed by atoms with E-state index in [1.165, 1.54) is 0 Å². The second-order valence-corrected chi connectivity index (χ2v) is 2.26. The second-order valence-electron chi connectivity index (χ2n) is 1.55. The van der Waals surface area contributed by atoms with Crippen molar-refractivity contribution in [3.05, 3.63) is 10.6 Å². The van der Waals surface area contributed by atoms with Crippen molar-refractivity contribution in [2.24, 2.45) is 7.05 Å². The number of hydrogen-bond donors (Lipinski definition) is 0. The van der Waals surface area contributed by atoms with E-state index >= 15 is 0 Å². The molecule has 0 unspecified atom stereocenters. The van der Waals surface area contributed by atoms with E-state index in [1.807, 2.05) is 14.0 Å². The van der Waals surface area contributed by atoms with Gasteiger partial charge in [-0.3, -0.25) is 0 Å². The van der Waals surface area contributed by atoms with Gasteiger partial charge in [-0.2, -0.15) is 5.10 Å². The standard InChI is InChI=1S/C4H6BrN3/c1-3-6-4(5)8(2)7-3/h1-2H3. The molecule has 0 saturated carbocycles. The normalized spacial score (nSPS) is 9.88. The highest BCUT2D eigenvalue weighted by atomic mass is 79.9. The first-order valence-electron chi connectivity index (χ1n) is 2.23. The molecule has 1 heterocycles. The fourth-order valence-corrected chi connectivity index (χ4v) is 0.822. The molecule has 0 saturated heterocycles. The van der Waals surface area contributed by atoms with Crippen molar-refractivity contribution >= 4 is 15.9 Å². The van der Waals surface area contributed by atoms with Crippen molar-refractivity contribution in [1.82, 2.24) is 14.8 Å². The van der Waals surface area contributed by atoms with Crippen LogP contribution in [0.2, 0.25) is 0 Å². The monoisotopic (exact) mass is 175 g/mol. The number of rotatable bonds is 0. The van der Waals surface area contributed by atoms with E-state index in [0.717, 1.165) is 10.6 Å². The Morgan fingerprint density at radius 1 is 1.62 bits per heavy atom. The van der Waals surface area contributed by atoms with Crippen LogP contribution in [0.25, 0.3) is 0 Å². The molecule has 8 heavy (non-hydrogen) atoms. The van der Waals surface area contributed by atoms with Gasteiger partial charge in [0.25, 0.3) is 0 Å². The van der Waals surface area contributed by atoms with Gasteiger partial charge in [-0.15, -0.1) is 0 Å². The van der Waals surface area contributed by atoms with Crippen LogP contribution in [0.4, 0.5) is 0 Å². The van der Waals surface area contributed by atoms with Crippen molar-refractivity contribution < 1.29 is 0 Å². The molecule has 1 rings (SSSR count). The number of aromatic nitrogens is 3. The molecule has 0 fully saturated rings. The number of hydrogen-bond acceptors (Lipinski definition) is 2. The van der Waals surface area contributed by atoms with Crippen LogP contribution >= 0.6 is 15.9 Å². The molecular formula is C4H6BrN3. The first-order chi connectivity index (χ1) is 3.70. The maximum Gasteiger partial charge on any atom is 0.195 e. The third-order valence-electron chi connectivity index (χ3n) is 0.816. The van der Waals surface area contributed by atoms with Crippen molar-refractivity contribution in [3.63, 3.8) is 0 Å². The Kier molecular flexibility index (Phi) is 1.33. The van der Waals surface area contributed by atoms with Crippen LogP contribution in [0, 0.1) is 6.92 Å². The molecule has 0 aliphatic heterocycles. The highest BCUT2D eigenvalue weighted by Crippen LogP contribution is 2.02. The van der Waals surface area contributed by atoms with Crippen LogP contribution < -0.4 is 0 Å². The quantitative estimate of drug-likeness (QED) is 0.587. The SMILES string of the molecule is Cc1nc(Br)n(C)n1. The first kappa shape index (κ1) is 5.75. The molecule has 4 heteroatoms. The van der Waals surface area contributed by atoms with Gasteiger partial charge in [-0.25, -0.2) is 9.67 Å². The summed E-state index contributed by atoms with van der Waals surface area (Å²) in [6.07, 6.45) is 0. The molecule has 0 aliphatic carbocycles. The van der Waals surface area contributed by atoms with Crippen molar-refractivity contribution in [3.8, 4) is 0 Å². The maximum absolute atomic E-state index is 3.98. The van der Waals surface area contributed by atoms with Gasteiger partial charge in [0.15, 0.2) is 4.73 Å². The lowest BCUT2D eigenvalue weighted by Gasteiger charge is -1.82. The maximum atomic E-state index is 3.98. The second kappa shape index (κ2) is 1.85. The first-order valence-corrected chi connectivity index (χ1v) is 3.02. The van der Waals surface area contributed by atoms with Gasteiger partial charge in [0, 0.05) is 7.05 Å². The van der Waals surface area contributed by atoms with Crippen molar-refractivity contribution in [2.75, 3.05) is 0 Å². The zero-order chi connectivity index (χ0) is 6.15. The minimum Gasteiger partial charge on any atom is -0.243 e. The van der Waals surface area contributed by atoms with E-state index in [0.29, 0.717) is 0 Å². The molecule has 1 aromatic heterocycles. The molecule has 0 N–H and O–H groups in total. The fourth-order valence-electron chi connectivity index (χ4n) is 0.487. The molecule has 0 atom stereocenters. The molecule has 0 bridgehead atoms. The molecule has 0 amide bonds. The van der Waals surface area contributed by atoms with Gasteiger partial charge in [0.1, 0.15) is 5.82 Å². The van der Waals surface area contributed by atoms with Gasteiger partial charge in [0.05, 0.1) is 0 Å². The van der Waals surface area contributed by atoms with Gasteiger partial charge in [0.2, 0.25) is 0 Å². The highest BCUT2D eigenvalue weighted by Gasteiger charge is 1.95. The van der Waals surface area contributed by atoms with E-state index in [4.69, 9.17) is 0 Å². The Morgan fingerprint density at radius 2 is 2.25 bits per heavy atom. The van der Waals surface area contributed by atoms with Crippen LogP contribution in [0.3, 0.4) is 0 Å². The largest absolute Gasteiger partial charge is 0.243 e. The Hall–Kier alpha value is -0.380. The smallest absolute Gasteiger partial charge is 0.195 e. The van der Waals surface area contributed by atoms with Gasteiger partial charge in [-0.05, 0) is 22.9 Å². The van der Waals surface area contributed by atoms with Gasteiger partial charge >= 0.3 is 0 Å². The summed E-state index contributed by atoms with van der Waals surface area (Å²) in [7, 11) is 1.84. The summed E-state index contributed by atoms with van der Waals surface area (Å²) < 4.78 is 2.45. The Morgan fingerprint density at radius 3 is 2.38 bits per heavy atom. The molecule has 3 nitrogen and oxygen atoms in total. The van der Waals surface area contributed by atoms with Gasteiger partial charge in [-0.1, -0.05) is 0 Å². The summed E-state index contributed by atoms with van der Waals surface area (Å²) in [5, 5.41) is 3.97. The Balaban J connectivity index is 3.14. The van der Waals surface area contributed by atoms with Crippen LogP contribution in [0.5, 0.6) is 0 Å². The van der Waals surface area contributed by atoms with Crippen molar-refractivity contribution in [2.45, 2.75) is 6.92 Å². The average molecular weight is 176 g/mol. The predicted octanol–water partition coefficient (Wildman–Crippen LogP) is 0.886. The van der Waals surface area contributed by atoms with Crippen LogP contribution in [0.1, 0.15) is 5.82 Å². The topological polar surface area (TPSA) is 30.7 Å². The lowest BCUT2D eigenvalue weighted by Crippen LogP contribution is -1.89. The number of halogens is 1. The average Bonchev–Trinajstić information content (AvgIpc) is 1.85.